The molecule has 1 aliphatic rings. The van der Waals surface area contributed by atoms with Crippen molar-refractivity contribution in [2.45, 2.75) is 62.8 Å². The monoisotopic (exact) mass is 470 g/mol. The first kappa shape index (κ1) is 24.7. The fourth-order valence-corrected chi connectivity index (χ4v) is 4.08. The SMILES string of the molecule is CC(C)[C@H](S)C(=O)NC1(C(=O)NC(Cc2ccc(-c3cncnc3)cc2)C(=O)O)CCCC1. The van der Waals surface area contributed by atoms with E-state index in [4.69, 9.17) is 0 Å². The molecule has 0 radical (unpaired) electrons. The average molecular weight is 471 g/mol. The van der Waals surface area contributed by atoms with Gasteiger partial charge in [-0.15, -0.1) is 0 Å². The van der Waals surface area contributed by atoms with Gasteiger partial charge in [0.15, 0.2) is 0 Å². The Labute approximate surface area is 199 Å². The van der Waals surface area contributed by atoms with E-state index in [0.29, 0.717) is 12.8 Å². The highest BCUT2D eigenvalue weighted by Gasteiger charge is 2.44. The molecule has 33 heavy (non-hydrogen) atoms. The molecule has 0 aliphatic heterocycles. The summed E-state index contributed by atoms with van der Waals surface area (Å²) in [5, 5.41) is 14.8. The van der Waals surface area contributed by atoms with Crippen molar-refractivity contribution in [3.8, 4) is 11.1 Å². The first-order valence-electron chi connectivity index (χ1n) is 11.1. The van der Waals surface area contributed by atoms with Gasteiger partial charge in [0.05, 0.1) is 5.25 Å². The van der Waals surface area contributed by atoms with Gasteiger partial charge >= 0.3 is 5.97 Å². The van der Waals surface area contributed by atoms with E-state index in [9.17, 15) is 19.5 Å². The van der Waals surface area contributed by atoms with Crippen molar-refractivity contribution in [1.82, 2.24) is 20.6 Å². The Hall–Kier alpha value is -2.94. The van der Waals surface area contributed by atoms with E-state index in [0.717, 1.165) is 29.5 Å². The molecular formula is C24H30N4O4S. The Morgan fingerprint density at radius 1 is 1.06 bits per heavy atom. The molecule has 8 nitrogen and oxygen atoms in total. The molecule has 9 heteroatoms. The lowest BCUT2D eigenvalue weighted by atomic mass is 9.94. The number of rotatable bonds is 9. The summed E-state index contributed by atoms with van der Waals surface area (Å²) in [6.07, 6.45) is 7.50. The van der Waals surface area contributed by atoms with Crippen LogP contribution in [-0.2, 0) is 20.8 Å². The van der Waals surface area contributed by atoms with E-state index >= 15 is 0 Å². The molecule has 2 aromatic rings. The van der Waals surface area contributed by atoms with Gasteiger partial charge in [-0.25, -0.2) is 14.8 Å². The molecule has 1 aromatic heterocycles. The van der Waals surface area contributed by atoms with Crippen molar-refractivity contribution in [1.29, 1.82) is 0 Å². The maximum atomic E-state index is 13.2. The molecule has 1 aromatic carbocycles. The number of carboxylic acids is 1. The summed E-state index contributed by atoms with van der Waals surface area (Å²) in [6, 6.07) is 6.27. The number of hydrogen-bond acceptors (Lipinski definition) is 6. The lowest BCUT2D eigenvalue weighted by molar-refractivity contribution is -0.143. The zero-order valence-corrected chi connectivity index (χ0v) is 19.7. The topological polar surface area (TPSA) is 121 Å². The van der Waals surface area contributed by atoms with E-state index in [1.807, 2.05) is 38.1 Å². The Morgan fingerprint density at radius 3 is 2.21 bits per heavy atom. The number of carbonyl (C=O) groups is 3. The van der Waals surface area contributed by atoms with E-state index in [2.05, 4.69) is 33.2 Å². The smallest absolute Gasteiger partial charge is 0.326 e. The standard InChI is InChI=1S/C24H30N4O4S/c1-15(2)20(33)21(29)28-24(9-3-4-10-24)23(32)27-19(22(30)31)11-16-5-7-17(8-6-16)18-12-25-14-26-13-18/h5-8,12-15,19-20,33H,3-4,9-11H2,1-2H3,(H,27,32)(H,28,29)(H,30,31)/t19?,20-/m0/s1. The summed E-state index contributed by atoms with van der Waals surface area (Å²) in [6.45, 7) is 3.77. The van der Waals surface area contributed by atoms with Gasteiger partial charge in [0.2, 0.25) is 11.8 Å². The van der Waals surface area contributed by atoms with Crippen LogP contribution in [0.2, 0.25) is 0 Å². The van der Waals surface area contributed by atoms with Gasteiger partial charge < -0.3 is 15.7 Å². The van der Waals surface area contributed by atoms with Gasteiger partial charge in [0, 0.05) is 24.4 Å². The van der Waals surface area contributed by atoms with E-state index in [-0.39, 0.29) is 18.2 Å². The molecule has 1 heterocycles. The van der Waals surface area contributed by atoms with Crippen molar-refractivity contribution in [2.75, 3.05) is 0 Å². The van der Waals surface area contributed by atoms with Crippen LogP contribution in [0.3, 0.4) is 0 Å². The van der Waals surface area contributed by atoms with Crippen molar-refractivity contribution in [2.24, 2.45) is 5.92 Å². The van der Waals surface area contributed by atoms with Crippen LogP contribution in [0, 0.1) is 5.92 Å². The summed E-state index contributed by atoms with van der Waals surface area (Å²) < 4.78 is 0. The number of benzene rings is 1. The van der Waals surface area contributed by atoms with Gasteiger partial charge in [0.25, 0.3) is 0 Å². The lowest BCUT2D eigenvalue weighted by Gasteiger charge is -2.32. The summed E-state index contributed by atoms with van der Waals surface area (Å²) in [7, 11) is 0. The summed E-state index contributed by atoms with van der Waals surface area (Å²) in [5.41, 5.74) is 1.44. The fraction of sp³-hybridized carbons (Fsp3) is 0.458. The predicted octanol–water partition coefficient (Wildman–Crippen LogP) is 2.64. The number of amides is 2. The van der Waals surface area contributed by atoms with Crippen LogP contribution in [0.5, 0.6) is 0 Å². The molecule has 1 fully saturated rings. The number of carbonyl (C=O) groups excluding carboxylic acids is 2. The van der Waals surface area contributed by atoms with Crippen LogP contribution in [-0.4, -0.2) is 49.7 Å². The van der Waals surface area contributed by atoms with E-state index in [1.165, 1.54) is 6.33 Å². The second-order valence-electron chi connectivity index (χ2n) is 8.86. The molecule has 3 N–H and O–H groups in total. The molecule has 2 amide bonds. The van der Waals surface area contributed by atoms with E-state index < -0.39 is 28.7 Å². The maximum absolute atomic E-state index is 13.2. The van der Waals surface area contributed by atoms with Crippen LogP contribution in [0.15, 0.2) is 43.0 Å². The molecule has 176 valence electrons. The highest BCUT2D eigenvalue weighted by molar-refractivity contribution is 7.81. The molecule has 2 atom stereocenters. The third-order valence-corrected chi connectivity index (χ3v) is 6.88. The molecule has 1 unspecified atom stereocenters. The summed E-state index contributed by atoms with van der Waals surface area (Å²) in [4.78, 5) is 45.8. The largest absolute Gasteiger partial charge is 0.480 e. The quantitative estimate of drug-likeness (QED) is 0.418. The third kappa shape index (κ3) is 6.10. The van der Waals surface area contributed by atoms with Crippen molar-refractivity contribution in [3.05, 3.63) is 48.5 Å². The van der Waals surface area contributed by atoms with Crippen molar-refractivity contribution in [3.63, 3.8) is 0 Å². The number of aliphatic carboxylic acids is 1. The Kier molecular flexibility index (Phi) is 8.07. The Morgan fingerprint density at radius 2 is 1.67 bits per heavy atom. The van der Waals surface area contributed by atoms with Crippen molar-refractivity contribution < 1.29 is 19.5 Å². The van der Waals surface area contributed by atoms with Gasteiger partial charge in [0.1, 0.15) is 17.9 Å². The highest BCUT2D eigenvalue weighted by atomic mass is 32.1. The molecular weight excluding hydrogens is 440 g/mol. The van der Waals surface area contributed by atoms with Crippen LogP contribution in [0.1, 0.15) is 45.1 Å². The molecule has 0 spiro atoms. The van der Waals surface area contributed by atoms with Crippen molar-refractivity contribution >= 4 is 30.4 Å². The van der Waals surface area contributed by atoms with Gasteiger partial charge in [-0.1, -0.05) is 51.0 Å². The maximum Gasteiger partial charge on any atom is 0.326 e. The highest BCUT2D eigenvalue weighted by Crippen LogP contribution is 2.31. The van der Waals surface area contributed by atoms with E-state index in [1.54, 1.807) is 12.4 Å². The third-order valence-electron chi connectivity index (χ3n) is 6.05. The minimum absolute atomic E-state index is 0.00651. The zero-order valence-electron chi connectivity index (χ0n) is 18.8. The van der Waals surface area contributed by atoms with Crippen LogP contribution >= 0.6 is 12.6 Å². The minimum Gasteiger partial charge on any atom is -0.480 e. The second-order valence-corrected chi connectivity index (χ2v) is 9.42. The molecule has 0 saturated heterocycles. The normalized spacial score (nSPS) is 16.7. The fourth-order valence-electron chi connectivity index (χ4n) is 4.01. The van der Waals surface area contributed by atoms with Gasteiger partial charge in [-0.2, -0.15) is 12.6 Å². The van der Waals surface area contributed by atoms with Crippen LogP contribution in [0.25, 0.3) is 11.1 Å². The second kappa shape index (κ2) is 10.8. The molecule has 3 rings (SSSR count). The Bertz CT molecular complexity index is 976. The first-order chi connectivity index (χ1) is 15.7. The average Bonchev–Trinajstić information content (AvgIpc) is 3.28. The van der Waals surface area contributed by atoms with Crippen LogP contribution < -0.4 is 10.6 Å². The summed E-state index contributed by atoms with van der Waals surface area (Å²) >= 11 is 4.36. The first-order valence-corrected chi connectivity index (χ1v) is 11.6. The van der Waals surface area contributed by atoms with Crippen LogP contribution in [0.4, 0.5) is 0 Å². The molecule has 1 aliphatic carbocycles. The van der Waals surface area contributed by atoms with Gasteiger partial charge in [-0.05, 0) is 29.9 Å². The van der Waals surface area contributed by atoms with Gasteiger partial charge in [-0.3, -0.25) is 9.59 Å². The summed E-state index contributed by atoms with van der Waals surface area (Å²) in [5.74, 6) is -1.88. The zero-order chi connectivity index (χ0) is 24.0. The lowest BCUT2D eigenvalue weighted by Crippen LogP contribution is -2.61. The number of nitrogens with zero attached hydrogens (tertiary/aromatic N) is 2. The number of hydrogen-bond donors (Lipinski definition) is 4. The Balaban J connectivity index is 1.71. The predicted molar refractivity (Wildman–Crippen MR) is 128 cm³/mol. The number of carboxylic acid groups (broad SMARTS) is 1. The molecule has 1 saturated carbocycles. The minimum atomic E-state index is -1.13. The number of thiol groups is 1. The molecule has 0 bridgehead atoms. The number of aromatic nitrogens is 2. The number of nitrogens with one attached hydrogen (secondary N) is 2.